The van der Waals surface area contributed by atoms with Gasteiger partial charge in [-0.05, 0) is 46.6 Å². The van der Waals surface area contributed by atoms with Gasteiger partial charge in [-0.1, -0.05) is 71.0 Å². The Kier molecular flexibility index (Phi) is 6.42. The third kappa shape index (κ3) is 5.31. The van der Waals surface area contributed by atoms with Gasteiger partial charge in [0.2, 0.25) is 0 Å². The molecule has 5 heteroatoms. The lowest BCUT2D eigenvalue weighted by Gasteiger charge is -2.29. The molecule has 1 fully saturated rings. The van der Waals surface area contributed by atoms with Crippen LogP contribution in [0.15, 0.2) is 48.5 Å². The van der Waals surface area contributed by atoms with Crippen molar-refractivity contribution < 1.29 is 13.2 Å². The fourth-order valence-electron chi connectivity index (χ4n) is 3.87. The molecule has 0 radical (unpaired) electrons. The van der Waals surface area contributed by atoms with Crippen LogP contribution in [0.25, 0.3) is 0 Å². The fraction of sp³-hybridized carbons (Fsp3) is 0.480. The van der Waals surface area contributed by atoms with Crippen molar-refractivity contribution in [2.45, 2.75) is 65.0 Å². The van der Waals surface area contributed by atoms with Crippen LogP contribution < -0.4 is 0 Å². The molecule has 0 aliphatic carbocycles. The molecule has 1 heterocycles. The van der Waals surface area contributed by atoms with Crippen LogP contribution in [-0.2, 0) is 21.8 Å². The van der Waals surface area contributed by atoms with Crippen molar-refractivity contribution in [1.29, 1.82) is 0 Å². The van der Waals surface area contributed by atoms with E-state index in [9.17, 15) is 13.2 Å². The molecule has 0 bridgehead atoms. The smallest absolute Gasteiger partial charge is 0.254 e. The Bertz CT molecular complexity index is 984. The lowest BCUT2D eigenvalue weighted by molar-refractivity contribution is 0.0681. The fourth-order valence-corrected chi connectivity index (χ4v) is 5.60. The maximum Gasteiger partial charge on any atom is 0.254 e. The number of hydrogen-bond acceptors (Lipinski definition) is 3. The first kappa shape index (κ1) is 22.5. The third-order valence-corrected chi connectivity index (χ3v) is 7.66. The highest BCUT2D eigenvalue weighted by Crippen LogP contribution is 2.26. The lowest BCUT2D eigenvalue weighted by Crippen LogP contribution is -2.40. The maximum atomic E-state index is 13.4. The second kappa shape index (κ2) is 8.54. The highest BCUT2D eigenvalue weighted by Gasteiger charge is 2.35. The van der Waals surface area contributed by atoms with E-state index in [1.54, 1.807) is 4.90 Å². The summed E-state index contributed by atoms with van der Waals surface area (Å²) in [6.45, 7) is 11.1. The Morgan fingerprint density at radius 1 is 1.03 bits per heavy atom. The minimum atomic E-state index is -3.09. The van der Waals surface area contributed by atoms with E-state index in [0.29, 0.717) is 24.4 Å². The van der Waals surface area contributed by atoms with Gasteiger partial charge in [0, 0.05) is 18.2 Å². The Labute approximate surface area is 181 Å². The van der Waals surface area contributed by atoms with Gasteiger partial charge in [0.15, 0.2) is 9.84 Å². The second-order valence-corrected chi connectivity index (χ2v) is 11.9. The zero-order valence-electron chi connectivity index (χ0n) is 18.7. The number of amides is 1. The molecule has 4 nitrogen and oxygen atoms in total. The molecule has 2 aromatic carbocycles. The predicted molar refractivity (Wildman–Crippen MR) is 123 cm³/mol. The van der Waals surface area contributed by atoms with Gasteiger partial charge in [0.25, 0.3) is 5.91 Å². The Hall–Kier alpha value is -2.14. The number of nitrogens with zero attached hydrogens (tertiary/aromatic N) is 1. The molecular formula is C25H33NO3S. The van der Waals surface area contributed by atoms with Crippen LogP contribution in [-0.4, -0.2) is 36.8 Å². The number of benzene rings is 2. The quantitative estimate of drug-likeness (QED) is 0.679. The summed E-state index contributed by atoms with van der Waals surface area (Å²) in [7, 11) is -3.09. The van der Waals surface area contributed by atoms with Crippen LogP contribution in [0, 0.1) is 0 Å². The average molecular weight is 428 g/mol. The van der Waals surface area contributed by atoms with Crippen molar-refractivity contribution in [1.82, 2.24) is 4.90 Å². The van der Waals surface area contributed by atoms with Crippen LogP contribution in [0.5, 0.6) is 0 Å². The van der Waals surface area contributed by atoms with Crippen LogP contribution in [0.2, 0.25) is 0 Å². The minimum Gasteiger partial charge on any atom is -0.330 e. The summed E-state index contributed by atoms with van der Waals surface area (Å²) >= 11 is 0. The summed E-state index contributed by atoms with van der Waals surface area (Å²) in [5.41, 5.74) is 4.05. The highest BCUT2D eigenvalue weighted by molar-refractivity contribution is 7.91. The molecule has 3 rings (SSSR count). The van der Waals surface area contributed by atoms with E-state index < -0.39 is 9.84 Å². The Morgan fingerprint density at radius 3 is 2.10 bits per heavy atom. The van der Waals surface area contributed by atoms with Crippen molar-refractivity contribution in [3.63, 3.8) is 0 Å². The first-order valence-corrected chi connectivity index (χ1v) is 12.5. The number of hydrogen-bond donors (Lipinski definition) is 0. The molecule has 1 aliphatic rings. The number of sulfone groups is 1. The van der Waals surface area contributed by atoms with Gasteiger partial charge >= 0.3 is 0 Å². The van der Waals surface area contributed by atoms with E-state index in [2.05, 4.69) is 46.8 Å². The summed E-state index contributed by atoms with van der Waals surface area (Å²) < 4.78 is 24.2. The van der Waals surface area contributed by atoms with Crippen LogP contribution in [0.3, 0.4) is 0 Å². The van der Waals surface area contributed by atoms with Gasteiger partial charge < -0.3 is 4.90 Å². The molecule has 0 aromatic heterocycles. The van der Waals surface area contributed by atoms with Gasteiger partial charge in [-0.25, -0.2) is 8.42 Å². The van der Waals surface area contributed by atoms with E-state index in [0.717, 1.165) is 5.56 Å². The van der Waals surface area contributed by atoms with Crippen molar-refractivity contribution in [3.05, 3.63) is 70.8 Å². The van der Waals surface area contributed by atoms with E-state index in [1.165, 1.54) is 11.1 Å². The molecule has 0 N–H and O–H groups in total. The van der Waals surface area contributed by atoms with Crippen molar-refractivity contribution in [2.75, 3.05) is 11.5 Å². The molecule has 30 heavy (non-hydrogen) atoms. The molecule has 1 unspecified atom stereocenters. The number of carbonyl (C=O) groups is 1. The topological polar surface area (TPSA) is 54.5 Å². The normalized spacial score (nSPS) is 18.5. The third-order valence-electron chi connectivity index (χ3n) is 5.91. The van der Waals surface area contributed by atoms with Crippen molar-refractivity contribution in [2.24, 2.45) is 0 Å². The number of carbonyl (C=O) groups excluding carboxylic acids is 1. The van der Waals surface area contributed by atoms with Crippen LogP contribution in [0.4, 0.5) is 0 Å². The number of rotatable bonds is 5. The molecular weight excluding hydrogens is 394 g/mol. The highest BCUT2D eigenvalue weighted by atomic mass is 32.2. The van der Waals surface area contributed by atoms with E-state index in [4.69, 9.17) is 0 Å². The predicted octanol–water partition coefficient (Wildman–Crippen LogP) is 4.94. The molecule has 2 aromatic rings. The minimum absolute atomic E-state index is 0.0129. The van der Waals surface area contributed by atoms with E-state index in [-0.39, 0.29) is 28.9 Å². The Morgan fingerprint density at radius 2 is 1.63 bits per heavy atom. The molecule has 1 atom stereocenters. The van der Waals surface area contributed by atoms with E-state index >= 15 is 0 Å². The zero-order valence-corrected chi connectivity index (χ0v) is 19.5. The van der Waals surface area contributed by atoms with E-state index in [1.807, 2.05) is 36.4 Å². The molecule has 1 amide bonds. The molecule has 0 spiro atoms. The van der Waals surface area contributed by atoms with Gasteiger partial charge in [-0.2, -0.15) is 0 Å². The molecule has 0 saturated carbocycles. The second-order valence-electron chi connectivity index (χ2n) is 9.71. The van der Waals surface area contributed by atoms with Crippen LogP contribution in [0.1, 0.15) is 74.0 Å². The average Bonchev–Trinajstić information content (AvgIpc) is 3.05. The van der Waals surface area contributed by atoms with Gasteiger partial charge in [-0.15, -0.1) is 0 Å². The summed E-state index contributed by atoms with van der Waals surface area (Å²) in [6, 6.07) is 15.7. The van der Waals surface area contributed by atoms with Gasteiger partial charge in [-0.3, -0.25) is 4.79 Å². The SMILES string of the molecule is CC(C)c1ccc(CN(C(=O)c2ccc(C(C)(C)C)cc2)C2CCS(=O)(=O)C2)cc1. The van der Waals surface area contributed by atoms with Crippen molar-refractivity contribution >= 4 is 15.7 Å². The zero-order chi connectivity index (χ0) is 22.1. The standard InChI is InChI=1S/C25H33NO3S/c1-18(2)20-8-6-19(7-9-20)16-26(23-14-15-30(28,29)17-23)24(27)21-10-12-22(13-11-21)25(3,4)5/h6-13,18,23H,14-17H2,1-5H3. The molecule has 162 valence electrons. The van der Waals surface area contributed by atoms with Gasteiger partial charge in [0.1, 0.15) is 0 Å². The molecule has 1 saturated heterocycles. The summed E-state index contributed by atoms with van der Waals surface area (Å²) in [5.74, 6) is 0.531. The lowest BCUT2D eigenvalue weighted by atomic mass is 9.86. The monoisotopic (exact) mass is 427 g/mol. The first-order valence-electron chi connectivity index (χ1n) is 10.7. The first-order chi connectivity index (χ1) is 14.0. The summed E-state index contributed by atoms with van der Waals surface area (Å²) in [5, 5.41) is 0. The largest absolute Gasteiger partial charge is 0.330 e. The maximum absolute atomic E-state index is 13.4. The van der Waals surface area contributed by atoms with Gasteiger partial charge in [0.05, 0.1) is 11.5 Å². The van der Waals surface area contributed by atoms with Crippen molar-refractivity contribution in [3.8, 4) is 0 Å². The summed E-state index contributed by atoms with van der Waals surface area (Å²) in [6.07, 6.45) is 0.498. The Balaban J connectivity index is 1.88. The molecule has 1 aliphatic heterocycles. The summed E-state index contributed by atoms with van der Waals surface area (Å²) in [4.78, 5) is 15.2. The van der Waals surface area contributed by atoms with Crippen LogP contribution >= 0.6 is 0 Å².